The molecule has 7 nitrogen and oxygen atoms in total. The molecule has 0 aliphatic carbocycles. The van der Waals surface area contributed by atoms with Gasteiger partial charge in [0.15, 0.2) is 0 Å². The molecule has 1 aromatic heterocycles. The summed E-state index contributed by atoms with van der Waals surface area (Å²) in [7, 11) is 1.04. The molecule has 0 spiro atoms. The topological polar surface area (TPSA) is 92.0 Å². The van der Waals surface area contributed by atoms with Gasteiger partial charge in [-0.25, -0.2) is 0 Å². The van der Waals surface area contributed by atoms with Crippen LogP contribution in [0.3, 0.4) is 0 Å². The zero-order valence-electron chi connectivity index (χ0n) is 15.8. The summed E-state index contributed by atoms with van der Waals surface area (Å²) in [5.41, 5.74) is -3.53. The number of alkyl halides is 6. The Bertz CT molecular complexity index is 896. The first-order chi connectivity index (χ1) is 14.2. The number of hydrogen-bond donors (Lipinski definition) is 2. The Morgan fingerprint density at radius 2 is 1.71 bits per heavy atom. The molecule has 1 aromatic carbocycles. The molecule has 170 valence electrons. The molecule has 2 amide bonds. The van der Waals surface area contributed by atoms with Gasteiger partial charge in [0.2, 0.25) is 17.4 Å². The van der Waals surface area contributed by atoms with E-state index < -0.39 is 54.4 Å². The van der Waals surface area contributed by atoms with Gasteiger partial charge in [-0.2, -0.15) is 13.2 Å². The second-order valence-electron chi connectivity index (χ2n) is 6.38. The fourth-order valence-corrected chi connectivity index (χ4v) is 2.44. The lowest BCUT2D eigenvalue weighted by atomic mass is 9.95. The Hall–Kier alpha value is -3.22. The van der Waals surface area contributed by atoms with Crippen molar-refractivity contribution in [1.82, 2.24) is 4.90 Å². The highest BCUT2D eigenvalue weighted by Gasteiger charge is 2.58. The Labute approximate surface area is 171 Å². The maximum absolute atomic E-state index is 13.3. The van der Waals surface area contributed by atoms with Crippen LogP contribution in [0.5, 0.6) is 5.75 Å². The van der Waals surface area contributed by atoms with Gasteiger partial charge in [-0.1, -0.05) is 0 Å². The van der Waals surface area contributed by atoms with Crippen molar-refractivity contribution in [3.8, 4) is 5.75 Å². The van der Waals surface area contributed by atoms with Crippen molar-refractivity contribution < 1.29 is 50.2 Å². The summed E-state index contributed by atoms with van der Waals surface area (Å²) < 4.78 is 84.7. The van der Waals surface area contributed by atoms with E-state index in [2.05, 4.69) is 14.5 Å². The molecular formula is C18H16F6N2O5. The monoisotopic (exact) mass is 454 g/mol. The molecule has 1 atom stereocenters. The van der Waals surface area contributed by atoms with Crippen LogP contribution < -0.4 is 10.1 Å². The molecule has 0 saturated heterocycles. The van der Waals surface area contributed by atoms with Gasteiger partial charge in [-0.15, -0.1) is 13.2 Å². The number of aliphatic hydroxyl groups is 1. The van der Waals surface area contributed by atoms with Gasteiger partial charge in [0, 0.05) is 12.7 Å². The summed E-state index contributed by atoms with van der Waals surface area (Å²) >= 11 is 0. The van der Waals surface area contributed by atoms with Gasteiger partial charge < -0.3 is 24.5 Å². The summed E-state index contributed by atoms with van der Waals surface area (Å²) in [6.07, 6.45) is -10.7. The first-order valence-corrected chi connectivity index (χ1v) is 8.44. The van der Waals surface area contributed by atoms with E-state index in [1.807, 2.05) is 0 Å². The number of carbonyl (C=O) groups is 2. The molecule has 0 saturated carbocycles. The van der Waals surface area contributed by atoms with Crippen LogP contribution in [0, 0.1) is 0 Å². The maximum Gasteiger partial charge on any atom is 0.573 e. The average molecular weight is 454 g/mol. The predicted octanol–water partition coefficient (Wildman–Crippen LogP) is 3.42. The Morgan fingerprint density at radius 3 is 2.19 bits per heavy atom. The fraction of sp³-hybridized carbons (Fsp3) is 0.333. The number of nitrogens with zero attached hydrogens (tertiary/aromatic N) is 1. The second-order valence-corrected chi connectivity index (χ2v) is 6.38. The van der Waals surface area contributed by atoms with Crippen molar-refractivity contribution in [2.45, 2.75) is 24.6 Å². The number of ether oxygens (including phenoxy) is 1. The Morgan fingerprint density at radius 1 is 1.10 bits per heavy atom. The van der Waals surface area contributed by atoms with Gasteiger partial charge in [-0.05, 0) is 36.4 Å². The lowest BCUT2D eigenvalue weighted by Crippen LogP contribution is -2.47. The number of carbonyl (C=O) groups excluding carboxylic acids is 2. The third-order valence-electron chi connectivity index (χ3n) is 3.98. The molecular weight excluding hydrogens is 438 g/mol. The number of amides is 2. The summed E-state index contributed by atoms with van der Waals surface area (Å²) in [4.78, 5) is 24.8. The smallest absolute Gasteiger partial charge is 0.466 e. The Kier molecular flexibility index (Phi) is 6.89. The van der Waals surface area contributed by atoms with Crippen LogP contribution in [0.15, 0.2) is 47.1 Å². The Balaban J connectivity index is 1.98. The van der Waals surface area contributed by atoms with Crippen molar-refractivity contribution in [3.63, 3.8) is 0 Å². The van der Waals surface area contributed by atoms with E-state index in [1.54, 1.807) is 0 Å². The van der Waals surface area contributed by atoms with Crippen LogP contribution in [0.1, 0.15) is 12.2 Å². The number of anilines is 1. The lowest BCUT2D eigenvalue weighted by Gasteiger charge is -2.29. The number of nitrogens with one attached hydrogen (secondary N) is 1. The van der Waals surface area contributed by atoms with Gasteiger partial charge >= 0.3 is 12.5 Å². The van der Waals surface area contributed by atoms with Gasteiger partial charge in [0.1, 0.15) is 11.5 Å². The molecule has 0 fully saturated rings. The molecule has 13 heteroatoms. The van der Waals surface area contributed by atoms with E-state index in [0.29, 0.717) is 4.90 Å². The number of rotatable bonds is 7. The van der Waals surface area contributed by atoms with Crippen molar-refractivity contribution in [3.05, 3.63) is 48.4 Å². The molecule has 0 aliphatic rings. The first kappa shape index (κ1) is 24.1. The molecule has 0 bridgehead atoms. The molecule has 1 heterocycles. The molecule has 2 N–H and O–H groups in total. The molecule has 31 heavy (non-hydrogen) atoms. The first-order valence-electron chi connectivity index (χ1n) is 8.44. The summed E-state index contributed by atoms with van der Waals surface area (Å²) in [5, 5.41) is 12.3. The van der Waals surface area contributed by atoms with E-state index in [-0.39, 0.29) is 5.69 Å². The van der Waals surface area contributed by atoms with Crippen LogP contribution in [0.4, 0.5) is 32.0 Å². The van der Waals surface area contributed by atoms with Crippen LogP contribution in [0.2, 0.25) is 0 Å². The predicted molar refractivity (Wildman–Crippen MR) is 92.7 cm³/mol. The number of hydrogen-bond acceptors (Lipinski definition) is 5. The highest BCUT2D eigenvalue weighted by molar-refractivity contribution is 5.94. The summed E-state index contributed by atoms with van der Waals surface area (Å²) in [6, 6.07) is 6.04. The maximum atomic E-state index is 13.3. The summed E-state index contributed by atoms with van der Waals surface area (Å²) in [5.74, 6) is -3.45. The molecule has 2 rings (SSSR count). The normalized spacial score (nSPS) is 13.9. The van der Waals surface area contributed by atoms with Crippen molar-refractivity contribution >= 4 is 17.5 Å². The number of likely N-dealkylation sites (N-methyl/N-ethyl adjacent to an activating group) is 1. The quantitative estimate of drug-likeness (QED) is 0.626. The second kappa shape index (κ2) is 8.88. The van der Waals surface area contributed by atoms with Gasteiger partial charge in [-0.3, -0.25) is 9.59 Å². The van der Waals surface area contributed by atoms with Crippen molar-refractivity contribution in [2.24, 2.45) is 0 Å². The summed E-state index contributed by atoms with van der Waals surface area (Å²) in [6.45, 7) is -0.689. The molecule has 0 unspecified atom stereocenters. The van der Waals surface area contributed by atoms with E-state index in [1.165, 1.54) is 0 Å². The SMILES string of the molecule is CN(CC(=O)Nc1ccc(OC(F)(F)F)cc1)C(=O)C[C@@](O)(c1ccco1)C(F)(F)F. The third kappa shape index (κ3) is 6.38. The van der Waals surface area contributed by atoms with Crippen molar-refractivity contribution in [1.29, 1.82) is 0 Å². The number of halogens is 6. The van der Waals surface area contributed by atoms with Crippen LogP contribution in [0.25, 0.3) is 0 Å². The largest absolute Gasteiger partial charge is 0.573 e. The highest BCUT2D eigenvalue weighted by Crippen LogP contribution is 2.42. The molecule has 0 radical (unpaired) electrons. The minimum atomic E-state index is -5.23. The number of benzene rings is 1. The zero-order valence-corrected chi connectivity index (χ0v) is 15.8. The fourth-order valence-electron chi connectivity index (χ4n) is 2.44. The number of furan rings is 1. The van der Waals surface area contributed by atoms with Crippen molar-refractivity contribution in [2.75, 3.05) is 18.9 Å². The van der Waals surface area contributed by atoms with Gasteiger partial charge in [0.25, 0.3) is 0 Å². The highest BCUT2D eigenvalue weighted by atomic mass is 19.4. The zero-order chi connectivity index (χ0) is 23.4. The van der Waals surface area contributed by atoms with E-state index >= 15 is 0 Å². The average Bonchev–Trinajstić information content (AvgIpc) is 3.16. The van der Waals surface area contributed by atoms with E-state index in [0.717, 1.165) is 49.7 Å². The van der Waals surface area contributed by atoms with E-state index in [9.17, 15) is 41.0 Å². The lowest BCUT2D eigenvalue weighted by molar-refractivity contribution is -0.274. The minimum absolute atomic E-state index is 0.0581. The standard InChI is InChI=1S/C18H16F6N2O5/c1-26(15(28)9-16(29,17(19,20)21)13-3-2-8-30-13)10-14(27)25-11-4-6-12(7-5-11)31-18(22,23)24/h2-8,29H,9-10H2,1H3,(H,25,27)/t16-/m1/s1. The van der Waals surface area contributed by atoms with Crippen LogP contribution in [-0.2, 0) is 15.2 Å². The van der Waals surface area contributed by atoms with Gasteiger partial charge in [0.05, 0.1) is 19.2 Å². The van der Waals surface area contributed by atoms with E-state index in [4.69, 9.17) is 0 Å². The minimum Gasteiger partial charge on any atom is -0.466 e. The van der Waals surface area contributed by atoms with Crippen LogP contribution >= 0.6 is 0 Å². The van der Waals surface area contributed by atoms with Crippen LogP contribution in [-0.4, -0.2) is 48.0 Å². The molecule has 2 aromatic rings. The molecule has 0 aliphatic heterocycles. The third-order valence-corrected chi connectivity index (χ3v) is 3.98.